The van der Waals surface area contributed by atoms with Crippen molar-refractivity contribution in [2.24, 2.45) is 0 Å². The second kappa shape index (κ2) is 8.98. The van der Waals surface area contributed by atoms with Crippen LogP contribution in [-0.2, 0) is 10.7 Å². The number of benzene rings is 3. The van der Waals surface area contributed by atoms with E-state index in [-0.39, 0.29) is 29.5 Å². The Balaban J connectivity index is 1.56. The number of aromatic nitrogens is 2. The van der Waals surface area contributed by atoms with Gasteiger partial charge in [-0.15, -0.1) is 0 Å². The quantitative estimate of drug-likeness (QED) is 0.249. The lowest BCUT2D eigenvalue weighted by atomic mass is 9.96. The summed E-state index contributed by atoms with van der Waals surface area (Å²) in [5, 5.41) is 0. The lowest BCUT2D eigenvalue weighted by Crippen LogP contribution is -2.30. The van der Waals surface area contributed by atoms with Gasteiger partial charge < -0.3 is 18.8 Å². The van der Waals surface area contributed by atoms with Crippen LogP contribution < -0.4 is 4.74 Å². The van der Waals surface area contributed by atoms with Crippen LogP contribution in [-0.4, -0.2) is 47.3 Å². The zero-order valence-corrected chi connectivity index (χ0v) is 22.3. The number of fused-ring (bicyclic) bond motifs is 9. The predicted octanol–water partition coefficient (Wildman–Crippen LogP) is 6.99. The van der Waals surface area contributed by atoms with E-state index < -0.39 is 44.5 Å². The summed E-state index contributed by atoms with van der Waals surface area (Å²) in [4.78, 5) is 19.1. The van der Waals surface area contributed by atoms with E-state index in [1.807, 2.05) is 6.92 Å². The van der Waals surface area contributed by atoms with Crippen molar-refractivity contribution in [3.63, 3.8) is 0 Å². The monoisotopic (exact) mass is 556 g/mol. The van der Waals surface area contributed by atoms with Crippen molar-refractivity contribution in [1.82, 2.24) is 14.5 Å². The molecule has 3 aromatic carbocycles. The van der Waals surface area contributed by atoms with Gasteiger partial charge in [-0.3, -0.25) is 4.79 Å². The van der Waals surface area contributed by atoms with Crippen LogP contribution in [0, 0.1) is 12.7 Å². The van der Waals surface area contributed by atoms with Gasteiger partial charge in [-0.2, -0.15) is 8.78 Å². The highest BCUT2D eigenvalue weighted by atomic mass is 31.2. The van der Waals surface area contributed by atoms with Gasteiger partial charge in [0.15, 0.2) is 0 Å². The van der Waals surface area contributed by atoms with Crippen molar-refractivity contribution in [2.75, 3.05) is 20.3 Å². The molecule has 2 aliphatic heterocycles. The van der Waals surface area contributed by atoms with E-state index in [9.17, 15) is 18.1 Å². The van der Waals surface area contributed by atoms with E-state index in [1.54, 1.807) is 42.2 Å². The molecule has 2 aliphatic rings. The highest BCUT2D eigenvalue weighted by molar-refractivity contribution is 7.61. The second-order valence-corrected chi connectivity index (χ2v) is 14.0. The van der Waals surface area contributed by atoms with Crippen LogP contribution in [0.5, 0.6) is 5.75 Å². The molecule has 6 nitrogen and oxygen atoms in total. The van der Waals surface area contributed by atoms with E-state index in [4.69, 9.17) is 13.8 Å². The summed E-state index contributed by atoms with van der Waals surface area (Å²) in [6.07, 6.45) is 0.235. The fourth-order valence-electron chi connectivity index (χ4n) is 5.86. The van der Waals surface area contributed by atoms with Crippen molar-refractivity contribution >= 4 is 24.1 Å². The number of halogens is 3. The Morgan fingerprint density at radius 1 is 1.15 bits per heavy atom. The summed E-state index contributed by atoms with van der Waals surface area (Å²) in [5.74, 6) is -1.18. The van der Waals surface area contributed by atoms with Crippen molar-refractivity contribution in [1.29, 1.82) is 0 Å². The molecular weight excluding hydrogens is 526 g/mol. The molecule has 0 saturated carbocycles. The van der Waals surface area contributed by atoms with E-state index in [1.165, 1.54) is 24.3 Å². The molecule has 2 bridgehead atoms. The number of imidazole rings is 1. The van der Waals surface area contributed by atoms with Crippen molar-refractivity contribution in [3.05, 3.63) is 82.4 Å². The molecule has 0 radical (unpaired) electrons. The lowest BCUT2D eigenvalue weighted by molar-refractivity contribution is -0.0507. The molecule has 0 saturated heterocycles. The van der Waals surface area contributed by atoms with Gasteiger partial charge in [0.2, 0.25) is 0 Å². The number of aryl methyl sites for hydroxylation is 1. The molecule has 0 aliphatic carbocycles. The standard InChI is InChI=1S/C29H27F3N3O3P/c1-15-10-17(14-39(3,4)37)20(30)12-19(15)16-8-9-21-22(11-16)35-23-13-24(27(35)33-21)34(2)28(36)18-6-5-7-25(26(18)23)38-29(31)32/h5-12,23-24,29H,13-14H2,1-4H3/t23-,24-/m1/s1/i2D3. The number of carbonyl (C=O) groups is 1. The molecule has 1 amide bonds. The third kappa shape index (κ3) is 4.24. The molecule has 10 heteroatoms. The summed E-state index contributed by atoms with van der Waals surface area (Å²) < 4.78 is 85.4. The van der Waals surface area contributed by atoms with E-state index in [2.05, 4.69) is 0 Å². The van der Waals surface area contributed by atoms with E-state index in [0.29, 0.717) is 33.5 Å². The predicted molar refractivity (Wildman–Crippen MR) is 144 cm³/mol. The molecule has 39 heavy (non-hydrogen) atoms. The number of carbonyl (C=O) groups excluding carboxylic acids is 1. The van der Waals surface area contributed by atoms with Crippen LogP contribution in [0.3, 0.4) is 0 Å². The zero-order valence-electron chi connectivity index (χ0n) is 24.4. The first-order chi connectivity index (χ1) is 19.6. The van der Waals surface area contributed by atoms with Gasteiger partial charge in [-0.25, -0.2) is 9.37 Å². The Labute approximate surface area is 228 Å². The Bertz CT molecular complexity index is 1820. The van der Waals surface area contributed by atoms with Gasteiger partial charge >= 0.3 is 6.61 Å². The maximum Gasteiger partial charge on any atom is 0.387 e. The number of nitrogens with zero attached hydrogens (tertiary/aromatic N) is 3. The van der Waals surface area contributed by atoms with Gasteiger partial charge in [-0.05, 0) is 72.8 Å². The van der Waals surface area contributed by atoms with Gasteiger partial charge in [-0.1, -0.05) is 18.2 Å². The summed E-state index contributed by atoms with van der Waals surface area (Å²) in [6, 6.07) is 10.8. The van der Waals surface area contributed by atoms with Gasteiger partial charge in [0.25, 0.3) is 5.91 Å². The van der Waals surface area contributed by atoms with Crippen LogP contribution in [0.15, 0.2) is 48.5 Å². The fourth-order valence-corrected chi connectivity index (χ4v) is 6.92. The molecule has 1 aromatic heterocycles. The molecule has 2 atom stereocenters. The molecule has 0 unspecified atom stereocenters. The summed E-state index contributed by atoms with van der Waals surface area (Å²) in [6.45, 7) is -0.936. The van der Waals surface area contributed by atoms with Crippen LogP contribution in [0.2, 0.25) is 0 Å². The van der Waals surface area contributed by atoms with Crippen LogP contribution in [0.4, 0.5) is 13.2 Å². The van der Waals surface area contributed by atoms with Gasteiger partial charge in [0, 0.05) is 34.8 Å². The molecule has 0 N–H and O–H groups in total. The number of ether oxygens (including phenoxy) is 1. The molecule has 0 spiro atoms. The van der Waals surface area contributed by atoms with Gasteiger partial charge in [0.05, 0.1) is 30.3 Å². The number of rotatable bonds is 5. The SMILES string of the molecule is [2H]C([2H])([2H])N1C(=O)c2cccc(OC(F)F)c2[C@H]2C[C@@H]1c1nc3ccc(-c4cc(F)c(CP(C)(C)=O)cc4C)cc3n12. The maximum atomic E-state index is 15.1. The normalized spacial score (nSPS) is 19.9. The second-order valence-electron chi connectivity index (χ2n) is 10.6. The Hall–Kier alpha value is -3.58. The largest absolute Gasteiger partial charge is 0.434 e. The number of amides is 1. The third-order valence-corrected chi connectivity index (χ3v) is 8.51. The zero-order chi connectivity index (χ0) is 30.3. The lowest BCUT2D eigenvalue weighted by Gasteiger charge is -2.24. The van der Waals surface area contributed by atoms with E-state index >= 15 is 4.39 Å². The Morgan fingerprint density at radius 3 is 2.67 bits per heavy atom. The average molecular weight is 557 g/mol. The summed E-state index contributed by atoms with van der Waals surface area (Å²) in [7, 11) is -2.51. The molecule has 202 valence electrons. The summed E-state index contributed by atoms with van der Waals surface area (Å²) >= 11 is 0. The average Bonchev–Trinajstić information content (AvgIpc) is 3.37. The van der Waals surface area contributed by atoms with Crippen LogP contribution in [0.25, 0.3) is 22.2 Å². The van der Waals surface area contributed by atoms with Crippen molar-refractivity contribution < 1.29 is 31.4 Å². The fraction of sp³-hybridized carbons (Fsp3) is 0.310. The Kier molecular flexibility index (Phi) is 5.13. The first kappa shape index (κ1) is 22.3. The summed E-state index contributed by atoms with van der Waals surface area (Å²) in [5.41, 5.74) is 3.62. The highest BCUT2D eigenvalue weighted by Crippen LogP contribution is 2.50. The van der Waals surface area contributed by atoms with Crippen LogP contribution in [0.1, 0.15) is 55.5 Å². The molecule has 4 aromatic rings. The highest BCUT2D eigenvalue weighted by Gasteiger charge is 2.45. The van der Waals surface area contributed by atoms with Crippen molar-refractivity contribution in [2.45, 2.75) is 38.2 Å². The first-order valence-corrected chi connectivity index (χ1v) is 15.2. The molecule has 6 rings (SSSR count). The van der Waals surface area contributed by atoms with E-state index in [0.717, 1.165) is 10.5 Å². The minimum atomic E-state index is -3.16. The van der Waals surface area contributed by atoms with Crippen LogP contribution >= 0.6 is 7.14 Å². The topological polar surface area (TPSA) is 64.4 Å². The maximum absolute atomic E-state index is 15.1. The number of alkyl halides is 2. The molecule has 3 heterocycles. The number of hydrogen-bond acceptors (Lipinski definition) is 4. The van der Waals surface area contributed by atoms with Crippen molar-refractivity contribution in [3.8, 4) is 16.9 Å². The first-order valence-electron chi connectivity index (χ1n) is 13.9. The third-order valence-electron chi connectivity index (χ3n) is 7.40. The number of hydrogen-bond donors (Lipinski definition) is 0. The smallest absolute Gasteiger partial charge is 0.387 e. The molecular formula is C29H27F3N3O3P. The van der Waals surface area contributed by atoms with Gasteiger partial charge in [0.1, 0.15) is 17.4 Å². The minimum Gasteiger partial charge on any atom is -0.434 e. The minimum absolute atomic E-state index is 0.0296. The molecule has 0 fully saturated rings. The Morgan fingerprint density at radius 2 is 1.95 bits per heavy atom.